The van der Waals surface area contributed by atoms with Crippen LogP contribution in [0.15, 0.2) is 72.8 Å². The number of thioether (sulfide) groups is 1. The van der Waals surface area contributed by atoms with Gasteiger partial charge >= 0.3 is 24.8 Å². The van der Waals surface area contributed by atoms with Crippen molar-refractivity contribution < 1.29 is 53.0 Å². The SMILES string of the molecule is CCCCCCCCSC(=O)Oc1cc(Cl)nnc1-c1ccccc1.COC(=O)c1cc(Oc2ccc(Cl)cc2Cl)ccc1[N+](=O)[O-].O=C(O)CNCP(=O)(O)O. The standard InChI is InChI=1S/C19H23ClN2O2S.C14H9Cl2NO5.C3H8NO5P/c1-2-3-4-5-6-10-13-25-19(23)24-16-14-17(20)21-22-18(16)15-11-8-7-9-12-15;1-21-14(18)10-7-9(3-4-12(10)17(19)20)22-13-5-2-8(15)6-11(13)16;5-3(6)1-4-2-10(7,8)9/h7-9,11-12,14H,2-6,10,13H2,1H3;2-7H,1H3;4H,1-2H2,(H,5,6)(H2,7,8,9). The second-order valence-electron chi connectivity index (χ2n) is 11.5. The molecule has 16 nitrogen and oxygen atoms in total. The van der Waals surface area contributed by atoms with Gasteiger partial charge in [-0.3, -0.25) is 24.8 Å². The number of ether oxygens (including phenoxy) is 3. The number of hydrogen-bond donors (Lipinski definition) is 4. The van der Waals surface area contributed by atoms with Crippen LogP contribution in [-0.4, -0.2) is 72.9 Å². The number of nitro groups is 1. The number of carbonyl (C=O) groups excluding carboxylic acids is 2. The summed E-state index contributed by atoms with van der Waals surface area (Å²) in [6.45, 7) is 1.76. The van der Waals surface area contributed by atoms with E-state index in [0.717, 1.165) is 37.3 Å². The van der Waals surface area contributed by atoms with Crippen molar-refractivity contribution in [2.75, 3.05) is 25.7 Å². The van der Waals surface area contributed by atoms with Crippen LogP contribution in [0.1, 0.15) is 55.8 Å². The van der Waals surface area contributed by atoms with Crippen molar-refractivity contribution in [3.63, 3.8) is 0 Å². The zero-order valence-corrected chi connectivity index (χ0v) is 34.6. The second-order valence-corrected chi connectivity index (χ2v) is 15.4. The van der Waals surface area contributed by atoms with Gasteiger partial charge in [0.1, 0.15) is 22.8 Å². The number of carboxylic acid groups (broad SMARTS) is 1. The number of methoxy groups -OCH3 is 1. The Morgan fingerprint density at radius 3 is 2.21 bits per heavy atom. The number of carbonyl (C=O) groups is 3. The highest BCUT2D eigenvalue weighted by Crippen LogP contribution is 2.34. The van der Waals surface area contributed by atoms with E-state index in [2.05, 4.69) is 27.2 Å². The minimum Gasteiger partial charge on any atom is -0.480 e. The van der Waals surface area contributed by atoms with E-state index in [4.69, 9.17) is 59.2 Å². The van der Waals surface area contributed by atoms with Crippen LogP contribution in [0.5, 0.6) is 17.2 Å². The Labute approximate surface area is 347 Å². The maximum atomic E-state index is 12.1. The van der Waals surface area contributed by atoms with E-state index < -0.39 is 37.3 Å². The maximum Gasteiger partial charge on any atom is 0.372 e. The quantitative estimate of drug-likeness (QED) is 0.0254. The Hall–Kier alpha value is -4.32. The zero-order chi connectivity index (χ0) is 42.4. The Kier molecular flexibility index (Phi) is 22.1. The minimum absolute atomic E-state index is 0.198. The van der Waals surface area contributed by atoms with Crippen molar-refractivity contribution in [1.29, 1.82) is 0 Å². The molecule has 0 radical (unpaired) electrons. The van der Waals surface area contributed by atoms with Crippen LogP contribution in [0.3, 0.4) is 0 Å². The highest BCUT2D eigenvalue weighted by Gasteiger charge is 2.22. The van der Waals surface area contributed by atoms with Gasteiger partial charge in [-0.25, -0.2) is 9.59 Å². The maximum absolute atomic E-state index is 12.1. The monoisotopic (exact) mass is 888 g/mol. The number of unbranched alkanes of at least 4 members (excludes halogenated alkanes) is 5. The largest absolute Gasteiger partial charge is 0.480 e. The number of nitro benzene ring substituents is 1. The van der Waals surface area contributed by atoms with Crippen LogP contribution in [0.2, 0.25) is 15.2 Å². The lowest BCUT2D eigenvalue weighted by atomic mass is 10.1. The molecule has 0 saturated heterocycles. The molecule has 0 fully saturated rings. The molecular formula is C36H40Cl3N4O12PS. The summed E-state index contributed by atoms with van der Waals surface area (Å²) in [4.78, 5) is 60.1. The molecule has 1 heterocycles. The van der Waals surface area contributed by atoms with Crippen LogP contribution in [0.4, 0.5) is 10.5 Å². The van der Waals surface area contributed by atoms with E-state index in [1.807, 2.05) is 30.3 Å². The molecule has 57 heavy (non-hydrogen) atoms. The molecule has 0 aliphatic heterocycles. The van der Waals surface area contributed by atoms with Crippen LogP contribution < -0.4 is 14.8 Å². The zero-order valence-electron chi connectivity index (χ0n) is 30.6. The molecule has 0 aliphatic carbocycles. The van der Waals surface area contributed by atoms with Crippen LogP contribution in [0, 0.1) is 10.1 Å². The summed E-state index contributed by atoms with van der Waals surface area (Å²) < 4.78 is 25.6. The van der Waals surface area contributed by atoms with Gasteiger partial charge in [-0.2, -0.15) is 0 Å². The normalized spacial score (nSPS) is 10.6. The van der Waals surface area contributed by atoms with Gasteiger partial charge in [0.2, 0.25) is 0 Å². The number of benzene rings is 3. The molecule has 308 valence electrons. The summed E-state index contributed by atoms with van der Waals surface area (Å²) in [6.07, 6.45) is 6.60. The molecule has 3 aromatic carbocycles. The van der Waals surface area contributed by atoms with Gasteiger partial charge in [0.15, 0.2) is 10.9 Å². The number of carboxylic acids is 1. The Balaban J connectivity index is 0.000000321. The van der Waals surface area contributed by atoms with Crippen molar-refractivity contribution in [2.24, 2.45) is 0 Å². The average Bonchev–Trinajstić information content (AvgIpc) is 3.15. The van der Waals surface area contributed by atoms with E-state index in [1.54, 1.807) is 12.1 Å². The molecule has 0 amide bonds. The first-order valence-electron chi connectivity index (χ1n) is 16.9. The summed E-state index contributed by atoms with van der Waals surface area (Å²) in [7, 11) is -2.96. The number of nitrogens with zero attached hydrogens (tertiary/aromatic N) is 3. The van der Waals surface area contributed by atoms with Crippen molar-refractivity contribution in [2.45, 2.75) is 45.4 Å². The van der Waals surface area contributed by atoms with E-state index in [1.165, 1.54) is 61.7 Å². The number of aromatic nitrogens is 2. The molecule has 0 spiro atoms. The molecule has 1 aromatic heterocycles. The summed E-state index contributed by atoms with van der Waals surface area (Å²) >= 11 is 18.9. The number of rotatable bonds is 17. The van der Waals surface area contributed by atoms with Gasteiger partial charge in [-0.15, -0.1) is 10.2 Å². The van der Waals surface area contributed by atoms with Crippen molar-refractivity contribution >= 4 is 77.1 Å². The molecule has 0 unspecified atom stereocenters. The highest BCUT2D eigenvalue weighted by atomic mass is 35.5. The van der Waals surface area contributed by atoms with Crippen LogP contribution in [0.25, 0.3) is 11.3 Å². The Morgan fingerprint density at radius 1 is 0.912 bits per heavy atom. The predicted octanol–water partition coefficient (Wildman–Crippen LogP) is 9.67. The molecule has 4 aromatic rings. The van der Waals surface area contributed by atoms with Crippen molar-refractivity contribution in [3.05, 3.63) is 104 Å². The number of halogens is 3. The number of nitrogens with one attached hydrogen (secondary N) is 1. The summed E-state index contributed by atoms with van der Waals surface area (Å²) in [6, 6.07) is 19.3. The van der Waals surface area contributed by atoms with Gasteiger partial charge in [-0.1, -0.05) is 104 Å². The lowest BCUT2D eigenvalue weighted by Gasteiger charge is -2.09. The molecule has 0 atom stereocenters. The van der Waals surface area contributed by atoms with E-state index in [-0.39, 0.29) is 32.5 Å². The summed E-state index contributed by atoms with van der Waals surface area (Å²) in [5.74, 6) is -0.372. The first-order valence-corrected chi connectivity index (χ1v) is 20.9. The van der Waals surface area contributed by atoms with Gasteiger partial charge in [0, 0.05) is 34.5 Å². The predicted molar refractivity (Wildman–Crippen MR) is 218 cm³/mol. The fourth-order valence-electron chi connectivity index (χ4n) is 4.39. The third kappa shape index (κ3) is 19.6. The van der Waals surface area contributed by atoms with Gasteiger partial charge < -0.3 is 29.1 Å². The van der Waals surface area contributed by atoms with Crippen molar-refractivity contribution in [3.8, 4) is 28.5 Å². The number of aliphatic carboxylic acids is 1. The van der Waals surface area contributed by atoms with Crippen LogP contribution >= 0.6 is 54.2 Å². The first kappa shape index (κ1) is 48.8. The second kappa shape index (κ2) is 25.8. The lowest BCUT2D eigenvalue weighted by Crippen LogP contribution is -2.23. The fraction of sp³-hybridized carbons (Fsp3) is 0.306. The highest BCUT2D eigenvalue weighted by molar-refractivity contribution is 8.13. The number of hydrogen-bond acceptors (Lipinski definition) is 13. The molecule has 0 aliphatic rings. The molecular weight excluding hydrogens is 850 g/mol. The third-order valence-electron chi connectivity index (χ3n) is 6.97. The van der Waals surface area contributed by atoms with Crippen molar-refractivity contribution in [1.82, 2.24) is 15.5 Å². The lowest BCUT2D eigenvalue weighted by molar-refractivity contribution is -0.385. The topological polar surface area (TPSA) is 238 Å². The molecule has 21 heteroatoms. The third-order valence-corrected chi connectivity index (χ3v) is 9.14. The van der Waals surface area contributed by atoms with Gasteiger partial charge in [0.25, 0.3) is 5.69 Å². The molecule has 4 N–H and O–H groups in total. The molecule has 4 rings (SSSR count). The fourth-order valence-corrected chi connectivity index (χ4v) is 6.04. The van der Waals surface area contributed by atoms with E-state index >= 15 is 0 Å². The van der Waals surface area contributed by atoms with Gasteiger partial charge in [-0.05, 0) is 42.4 Å². The van der Waals surface area contributed by atoms with Gasteiger partial charge in [0.05, 0.1) is 29.9 Å². The molecule has 0 saturated carbocycles. The average molecular weight is 890 g/mol. The smallest absolute Gasteiger partial charge is 0.372 e. The Bertz CT molecular complexity index is 1990. The summed E-state index contributed by atoms with van der Waals surface area (Å²) in [5.41, 5.74) is 0.755. The number of esters is 1. The minimum atomic E-state index is -4.10. The molecule has 0 bridgehead atoms. The first-order chi connectivity index (χ1) is 27.0. The summed E-state index contributed by atoms with van der Waals surface area (Å²) in [5, 5.41) is 29.5. The van der Waals surface area contributed by atoms with Crippen LogP contribution in [-0.2, 0) is 14.1 Å². The Morgan fingerprint density at radius 2 is 1.60 bits per heavy atom. The van der Waals surface area contributed by atoms with E-state index in [0.29, 0.717) is 22.2 Å². The van der Waals surface area contributed by atoms with E-state index in [9.17, 15) is 29.1 Å².